The molecule has 0 heterocycles. The summed E-state index contributed by atoms with van der Waals surface area (Å²) in [5.74, 6) is -0.467. The number of rotatable bonds is 6. The first-order valence-corrected chi connectivity index (χ1v) is 7.33. The van der Waals surface area contributed by atoms with Gasteiger partial charge in [0.25, 0.3) is 11.6 Å². The summed E-state index contributed by atoms with van der Waals surface area (Å²) >= 11 is 0. The molecule has 0 aliphatic rings. The molecule has 6 nitrogen and oxygen atoms in total. The quantitative estimate of drug-likeness (QED) is 0.643. The second-order valence-corrected chi connectivity index (χ2v) is 5.48. The Labute approximate surface area is 138 Å². The SMILES string of the molecule is CC(C)c1ccc(OCC(=O)Nc2cc([N+](=O)[O-])ccc2F)cc1. The Morgan fingerprint density at radius 2 is 1.92 bits per heavy atom. The molecule has 0 saturated heterocycles. The molecule has 1 N–H and O–H groups in total. The summed E-state index contributed by atoms with van der Waals surface area (Å²) in [6, 6.07) is 10.2. The maximum absolute atomic E-state index is 13.6. The van der Waals surface area contributed by atoms with Crippen LogP contribution in [0.5, 0.6) is 5.75 Å². The Kier molecular flexibility index (Phi) is 5.47. The number of nitrogens with zero attached hydrogens (tertiary/aromatic N) is 1. The van der Waals surface area contributed by atoms with E-state index in [0.717, 1.165) is 23.8 Å². The third-order valence-corrected chi connectivity index (χ3v) is 3.35. The Morgan fingerprint density at radius 3 is 2.50 bits per heavy atom. The normalized spacial score (nSPS) is 10.5. The van der Waals surface area contributed by atoms with Crippen LogP contribution < -0.4 is 10.1 Å². The van der Waals surface area contributed by atoms with E-state index in [1.165, 1.54) is 0 Å². The number of anilines is 1. The fourth-order valence-corrected chi connectivity index (χ4v) is 2.01. The number of non-ortho nitro benzene ring substituents is 1. The molecule has 2 aromatic rings. The first-order chi connectivity index (χ1) is 11.4. The van der Waals surface area contributed by atoms with Gasteiger partial charge in [-0.1, -0.05) is 26.0 Å². The first-order valence-electron chi connectivity index (χ1n) is 7.33. The molecule has 126 valence electrons. The van der Waals surface area contributed by atoms with E-state index in [4.69, 9.17) is 4.74 Å². The number of amides is 1. The van der Waals surface area contributed by atoms with Crippen molar-refractivity contribution in [2.45, 2.75) is 19.8 Å². The van der Waals surface area contributed by atoms with Crippen LogP contribution in [0.25, 0.3) is 0 Å². The molecule has 0 spiro atoms. The van der Waals surface area contributed by atoms with Crippen molar-refractivity contribution in [3.8, 4) is 5.75 Å². The summed E-state index contributed by atoms with van der Waals surface area (Å²) in [6.45, 7) is 3.80. The topological polar surface area (TPSA) is 81.5 Å². The van der Waals surface area contributed by atoms with E-state index in [1.807, 2.05) is 12.1 Å². The summed E-state index contributed by atoms with van der Waals surface area (Å²) < 4.78 is 18.9. The zero-order chi connectivity index (χ0) is 17.7. The van der Waals surface area contributed by atoms with Gasteiger partial charge in [-0.25, -0.2) is 4.39 Å². The van der Waals surface area contributed by atoms with Crippen LogP contribution in [0.4, 0.5) is 15.8 Å². The van der Waals surface area contributed by atoms with Crippen LogP contribution in [-0.4, -0.2) is 17.4 Å². The van der Waals surface area contributed by atoms with Gasteiger partial charge in [0.1, 0.15) is 11.6 Å². The molecular weight excluding hydrogens is 315 g/mol. The molecule has 1 amide bonds. The number of hydrogen-bond donors (Lipinski definition) is 1. The summed E-state index contributed by atoms with van der Waals surface area (Å²) in [4.78, 5) is 21.8. The van der Waals surface area contributed by atoms with Crippen molar-refractivity contribution in [2.24, 2.45) is 0 Å². The third kappa shape index (κ3) is 4.52. The molecule has 0 unspecified atom stereocenters. The molecule has 0 saturated carbocycles. The van der Waals surface area contributed by atoms with Crippen LogP contribution in [-0.2, 0) is 4.79 Å². The number of nitrogens with one attached hydrogen (secondary N) is 1. The monoisotopic (exact) mass is 332 g/mol. The van der Waals surface area contributed by atoms with Gasteiger partial charge < -0.3 is 10.1 Å². The Bertz CT molecular complexity index is 745. The van der Waals surface area contributed by atoms with E-state index < -0.39 is 16.6 Å². The van der Waals surface area contributed by atoms with E-state index in [9.17, 15) is 19.3 Å². The summed E-state index contributed by atoms with van der Waals surface area (Å²) in [7, 11) is 0. The second kappa shape index (κ2) is 7.54. The first kappa shape index (κ1) is 17.4. The molecule has 7 heteroatoms. The molecular formula is C17H17FN2O4. The average Bonchev–Trinajstić information content (AvgIpc) is 2.55. The Hall–Kier alpha value is -2.96. The van der Waals surface area contributed by atoms with Crippen LogP contribution in [0.15, 0.2) is 42.5 Å². The van der Waals surface area contributed by atoms with Crippen molar-refractivity contribution >= 4 is 17.3 Å². The van der Waals surface area contributed by atoms with Crippen LogP contribution in [0.3, 0.4) is 0 Å². The Balaban J connectivity index is 1.96. The van der Waals surface area contributed by atoms with E-state index in [1.54, 1.807) is 12.1 Å². The van der Waals surface area contributed by atoms with Gasteiger partial charge in [0.05, 0.1) is 10.6 Å². The molecule has 2 rings (SSSR count). The maximum Gasteiger partial charge on any atom is 0.271 e. The number of benzene rings is 2. The Morgan fingerprint density at radius 1 is 1.25 bits per heavy atom. The number of nitro benzene ring substituents is 1. The number of nitro groups is 1. The lowest BCUT2D eigenvalue weighted by atomic mass is 10.0. The standard InChI is InChI=1S/C17H17FN2O4/c1-11(2)12-3-6-14(7-4-12)24-10-17(21)19-16-9-13(20(22)23)5-8-15(16)18/h3-9,11H,10H2,1-2H3,(H,19,21). The molecule has 0 fully saturated rings. The highest BCUT2D eigenvalue weighted by atomic mass is 19.1. The minimum Gasteiger partial charge on any atom is -0.484 e. The number of ether oxygens (including phenoxy) is 1. The van der Waals surface area contributed by atoms with Gasteiger partial charge in [0.15, 0.2) is 6.61 Å². The van der Waals surface area contributed by atoms with E-state index >= 15 is 0 Å². The fourth-order valence-electron chi connectivity index (χ4n) is 2.01. The lowest BCUT2D eigenvalue weighted by Crippen LogP contribution is -2.20. The van der Waals surface area contributed by atoms with Crippen molar-refractivity contribution in [1.82, 2.24) is 0 Å². The van der Waals surface area contributed by atoms with Crippen LogP contribution >= 0.6 is 0 Å². The number of hydrogen-bond acceptors (Lipinski definition) is 4. The lowest BCUT2D eigenvalue weighted by molar-refractivity contribution is -0.384. The van der Waals surface area contributed by atoms with E-state index in [2.05, 4.69) is 19.2 Å². The lowest BCUT2D eigenvalue weighted by Gasteiger charge is -2.10. The van der Waals surface area contributed by atoms with Gasteiger partial charge in [0, 0.05) is 12.1 Å². The summed E-state index contributed by atoms with van der Waals surface area (Å²) in [5, 5.41) is 12.9. The van der Waals surface area contributed by atoms with Gasteiger partial charge >= 0.3 is 0 Å². The minimum atomic E-state index is -0.754. The highest BCUT2D eigenvalue weighted by Gasteiger charge is 2.13. The highest BCUT2D eigenvalue weighted by Crippen LogP contribution is 2.21. The summed E-state index contributed by atoms with van der Waals surface area (Å²) in [5.41, 5.74) is 0.579. The molecule has 2 aromatic carbocycles. The molecule has 0 aliphatic heterocycles. The largest absolute Gasteiger partial charge is 0.484 e. The third-order valence-electron chi connectivity index (χ3n) is 3.35. The van der Waals surface area contributed by atoms with E-state index in [-0.39, 0.29) is 18.0 Å². The van der Waals surface area contributed by atoms with Crippen molar-refractivity contribution in [3.63, 3.8) is 0 Å². The second-order valence-electron chi connectivity index (χ2n) is 5.48. The molecule has 0 atom stereocenters. The molecule has 0 bridgehead atoms. The molecule has 24 heavy (non-hydrogen) atoms. The number of carbonyl (C=O) groups is 1. The molecule has 0 aliphatic carbocycles. The van der Waals surface area contributed by atoms with Gasteiger partial charge in [0.2, 0.25) is 0 Å². The predicted molar refractivity (Wildman–Crippen MR) is 87.7 cm³/mol. The predicted octanol–water partition coefficient (Wildman–Crippen LogP) is 3.87. The average molecular weight is 332 g/mol. The smallest absolute Gasteiger partial charge is 0.271 e. The van der Waals surface area contributed by atoms with Crippen molar-refractivity contribution in [2.75, 3.05) is 11.9 Å². The zero-order valence-electron chi connectivity index (χ0n) is 13.3. The number of carbonyl (C=O) groups excluding carboxylic acids is 1. The fraction of sp³-hybridized carbons (Fsp3) is 0.235. The maximum atomic E-state index is 13.6. The van der Waals surface area contributed by atoms with Crippen LogP contribution in [0.2, 0.25) is 0 Å². The number of halogens is 1. The van der Waals surface area contributed by atoms with Crippen molar-refractivity contribution in [3.05, 3.63) is 64.0 Å². The van der Waals surface area contributed by atoms with Crippen molar-refractivity contribution in [1.29, 1.82) is 0 Å². The highest BCUT2D eigenvalue weighted by molar-refractivity contribution is 5.92. The van der Waals surface area contributed by atoms with Gasteiger partial charge in [-0.2, -0.15) is 0 Å². The van der Waals surface area contributed by atoms with E-state index in [0.29, 0.717) is 11.7 Å². The van der Waals surface area contributed by atoms with Gasteiger partial charge in [-0.3, -0.25) is 14.9 Å². The van der Waals surface area contributed by atoms with Gasteiger partial charge in [-0.15, -0.1) is 0 Å². The van der Waals surface area contributed by atoms with Crippen LogP contribution in [0, 0.1) is 15.9 Å². The van der Waals surface area contributed by atoms with Crippen LogP contribution in [0.1, 0.15) is 25.3 Å². The van der Waals surface area contributed by atoms with Gasteiger partial charge in [-0.05, 0) is 29.7 Å². The summed E-state index contributed by atoms with van der Waals surface area (Å²) in [6.07, 6.45) is 0. The van der Waals surface area contributed by atoms with Crippen molar-refractivity contribution < 1.29 is 18.8 Å². The minimum absolute atomic E-state index is 0.257. The molecule has 0 radical (unpaired) electrons. The zero-order valence-corrected chi connectivity index (χ0v) is 13.3. The molecule has 0 aromatic heterocycles.